The van der Waals surface area contributed by atoms with Crippen molar-refractivity contribution in [3.05, 3.63) is 48.0 Å². The van der Waals surface area contributed by atoms with Crippen LogP contribution in [-0.4, -0.2) is 37.1 Å². The van der Waals surface area contributed by atoms with Crippen molar-refractivity contribution >= 4 is 15.9 Å². The molecule has 0 aliphatic heterocycles. The Hall–Kier alpha value is -2.26. The SMILES string of the molecule is Cn1ccnc1[C@@H](NS(=O)(=O)c1cccc(C(=O)NCCF)c1)C1CC1. The lowest BCUT2D eigenvalue weighted by molar-refractivity contribution is 0.0950. The molecule has 7 nitrogen and oxygen atoms in total. The Morgan fingerprint density at radius 2 is 2.19 bits per heavy atom. The number of nitrogens with zero attached hydrogens (tertiary/aromatic N) is 2. The van der Waals surface area contributed by atoms with Gasteiger partial charge in [-0.3, -0.25) is 4.79 Å². The fourth-order valence-electron chi connectivity index (χ4n) is 2.77. The Morgan fingerprint density at radius 1 is 1.42 bits per heavy atom. The average molecular weight is 380 g/mol. The first kappa shape index (κ1) is 18.5. The zero-order valence-corrected chi connectivity index (χ0v) is 15.2. The molecule has 0 unspecified atom stereocenters. The van der Waals surface area contributed by atoms with E-state index in [-0.39, 0.29) is 22.9 Å². The summed E-state index contributed by atoms with van der Waals surface area (Å²) in [7, 11) is -2.02. The molecule has 0 bridgehead atoms. The maximum atomic E-state index is 12.8. The highest BCUT2D eigenvalue weighted by atomic mass is 32.2. The van der Waals surface area contributed by atoms with Crippen LogP contribution in [0.2, 0.25) is 0 Å². The number of aryl methyl sites for hydroxylation is 1. The molecule has 1 saturated carbocycles. The number of amides is 1. The molecule has 0 radical (unpaired) electrons. The van der Waals surface area contributed by atoms with Crippen LogP contribution in [0.15, 0.2) is 41.6 Å². The Balaban J connectivity index is 1.83. The predicted octanol–water partition coefficient (Wildman–Crippen LogP) is 1.55. The van der Waals surface area contributed by atoms with Crippen molar-refractivity contribution in [2.45, 2.75) is 23.8 Å². The van der Waals surface area contributed by atoms with E-state index in [1.807, 2.05) is 7.05 Å². The summed E-state index contributed by atoms with van der Waals surface area (Å²) in [4.78, 5) is 16.2. The number of carbonyl (C=O) groups is 1. The standard InChI is InChI=1S/C17H21FN4O3S/c1-22-10-9-19-16(22)15(12-5-6-12)21-26(24,25)14-4-2-3-13(11-14)17(23)20-8-7-18/h2-4,9-12,15,21H,5-8H2,1H3,(H,20,23)/t15-/m0/s1. The first-order valence-corrected chi connectivity index (χ1v) is 9.84. The fourth-order valence-corrected chi connectivity index (χ4v) is 4.08. The summed E-state index contributed by atoms with van der Waals surface area (Å²) in [5.74, 6) is 0.359. The van der Waals surface area contributed by atoms with Crippen LogP contribution >= 0.6 is 0 Å². The Labute approximate surface area is 151 Å². The van der Waals surface area contributed by atoms with Crippen LogP contribution in [0, 0.1) is 5.92 Å². The van der Waals surface area contributed by atoms with Crippen LogP contribution < -0.4 is 10.0 Å². The molecular weight excluding hydrogens is 359 g/mol. The number of halogens is 1. The number of hydrogen-bond donors (Lipinski definition) is 2. The van der Waals surface area contributed by atoms with Gasteiger partial charge in [0.05, 0.1) is 10.9 Å². The number of rotatable bonds is 8. The highest BCUT2D eigenvalue weighted by Crippen LogP contribution is 2.41. The van der Waals surface area contributed by atoms with Gasteiger partial charge in [0.2, 0.25) is 10.0 Å². The molecule has 1 fully saturated rings. The second-order valence-corrected chi connectivity index (χ2v) is 8.02. The van der Waals surface area contributed by atoms with Gasteiger partial charge in [0.1, 0.15) is 12.5 Å². The predicted molar refractivity (Wildman–Crippen MR) is 93.7 cm³/mol. The number of alkyl halides is 1. The smallest absolute Gasteiger partial charge is 0.251 e. The molecule has 2 N–H and O–H groups in total. The van der Waals surface area contributed by atoms with Gasteiger partial charge in [-0.15, -0.1) is 0 Å². The minimum atomic E-state index is -3.84. The summed E-state index contributed by atoms with van der Waals surface area (Å²) in [6.45, 7) is -0.797. The van der Waals surface area contributed by atoms with Crippen molar-refractivity contribution in [2.24, 2.45) is 13.0 Å². The first-order valence-electron chi connectivity index (χ1n) is 8.36. The molecule has 2 aromatic rings. The largest absolute Gasteiger partial charge is 0.349 e. The summed E-state index contributed by atoms with van der Waals surface area (Å²) in [6, 6.07) is 5.29. The van der Waals surface area contributed by atoms with Crippen LogP contribution in [0.1, 0.15) is 35.1 Å². The van der Waals surface area contributed by atoms with E-state index in [0.717, 1.165) is 12.8 Å². The number of nitrogens with one attached hydrogen (secondary N) is 2. The lowest BCUT2D eigenvalue weighted by Gasteiger charge is -2.18. The number of imidazole rings is 1. The minimum Gasteiger partial charge on any atom is -0.349 e. The molecule has 1 aliphatic carbocycles. The van der Waals surface area contributed by atoms with E-state index in [1.54, 1.807) is 17.0 Å². The van der Waals surface area contributed by atoms with Crippen molar-refractivity contribution in [1.82, 2.24) is 19.6 Å². The summed E-state index contributed by atoms with van der Waals surface area (Å²) >= 11 is 0. The topological polar surface area (TPSA) is 93.1 Å². The number of benzene rings is 1. The zero-order chi connectivity index (χ0) is 18.7. The summed E-state index contributed by atoms with van der Waals surface area (Å²) in [5, 5.41) is 2.38. The van der Waals surface area contributed by atoms with E-state index in [4.69, 9.17) is 0 Å². The van der Waals surface area contributed by atoms with E-state index >= 15 is 0 Å². The highest BCUT2D eigenvalue weighted by molar-refractivity contribution is 7.89. The van der Waals surface area contributed by atoms with Crippen molar-refractivity contribution < 1.29 is 17.6 Å². The zero-order valence-electron chi connectivity index (χ0n) is 14.4. The van der Waals surface area contributed by atoms with Crippen LogP contribution in [0.5, 0.6) is 0 Å². The molecule has 1 aliphatic rings. The van der Waals surface area contributed by atoms with Gasteiger partial charge in [-0.2, -0.15) is 0 Å². The number of sulfonamides is 1. The third-order valence-electron chi connectivity index (χ3n) is 4.30. The quantitative estimate of drug-likeness (QED) is 0.727. The second kappa shape index (κ2) is 7.55. The molecule has 1 amide bonds. The first-order chi connectivity index (χ1) is 12.4. The Bertz CT molecular complexity index is 893. The molecule has 1 aromatic carbocycles. The van der Waals surface area contributed by atoms with Gasteiger partial charge in [-0.25, -0.2) is 22.5 Å². The number of carbonyl (C=O) groups excluding carboxylic acids is 1. The molecule has 1 atom stereocenters. The molecule has 140 valence electrons. The summed E-state index contributed by atoms with van der Waals surface area (Å²) in [5.41, 5.74) is 0.168. The monoisotopic (exact) mass is 380 g/mol. The van der Waals surface area contributed by atoms with Crippen LogP contribution in [-0.2, 0) is 17.1 Å². The maximum absolute atomic E-state index is 12.8. The van der Waals surface area contributed by atoms with Crippen molar-refractivity contribution in [3.8, 4) is 0 Å². The summed E-state index contributed by atoms with van der Waals surface area (Å²) < 4.78 is 42.4. The van der Waals surface area contributed by atoms with Crippen LogP contribution in [0.4, 0.5) is 4.39 Å². The van der Waals surface area contributed by atoms with Gasteiger partial charge in [0, 0.05) is 31.5 Å². The van der Waals surface area contributed by atoms with Gasteiger partial charge in [-0.1, -0.05) is 6.07 Å². The third-order valence-corrected chi connectivity index (χ3v) is 5.74. The molecule has 0 spiro atoms. The molecule has 26 heavy (non-hydrogen) atoms. The molecule has 9 heteroatoms. The van der Waals surface area contributed by atoms with Crippen LogP contribution in [0.3, 0.4) is 0 Å². The Kier molecular flexibility index (Phi) is 5.38. The highest BCUT2D eigenvalue weighted by Gasteiger charge is 2.37. The van der Waals surface area contributed by atoms with Gasteiger partial charge in [0.15, 0.2) is 0 Å². The lowest BCUT2D eigenvalue weighted by atomic mass is 10.2. The molecular formula is C17H21FN4O3S. The molecule has 3 rings (SSSR count). The number of aromatic nitrogens is 2. The van der Waals surface area contributed by atoms with Gasteiger partial charge < -0.3 is 9.88 Å². The van der Waals surface area contributed by atoms with Crippen LogP contribution in [0.25, 0.3) is 0 Å². The van der Waals surface area contributed by atoms with Crippen molar-refractivity contribution in [1.29, 1.82) is 0 Å². The normalized spacial score (nSPS) is 15.6. The average Bonchev–Trinajstić information content (AvgIpc) is 3.39. The minimum absolute atomic E-state index is 0.00902. The second-order valence-electron chi connectivity index (χ2n) is 6.31. The van der Waals surface area contributed by atoms with E-state index in [1.165, 1.54) is 24.3 Å². The molecule has 1 aromatic heterocycles. The van der Waals surface area contributed by atoms with Crippen molar-refractivity contribution in [2.75, 3.05) is 13.2 Å². The maximum Gasteiger partial charge on any atom is 0.251 e. The molecule has 1 heterocycles. The Morgan fingerprint density at radius 3 is 2.81 bits per heavy atom. The van der Waals surface area contributed by atoms with Crippen molar-refractivity contribution in [3.63, 3.8) is 0 Å². The number of hydrogen-bond acceptors (Lipinski definition) is 4. The lowest BCUT2D eigenvalue weighted by Crippen LogP contribution is -2.32. The van der Waals surface area contributed by atoms with E-state index in [0.29, 0.717) is 5.82 Å². The van der Waals surface area contributed by atoms with E-state index < -0.39 is 28.6 Å². The summed E-state index contributed by atoms with van der Waals surface area (Å²) in [6.07, 6.45) is 5.28. The fraction of sp³-hybridized carbons (Fsp3) is 0.412. The third kappa shape index (κ3) is 4.10. The van der Waals surface area contributed by atoms with E-state index in [9.17, 15) is 17.6 Å². The molecule has 0 saturated heterocycles. The van der Waals surface area contributed by atoms with Gasteiger partial charge in [0.25, 0.3) is 5.91 Å². The van der Waals surface area contributed by atoms with Gasteiger partial charge >= 0.3 is 0 Å². The van der Waals surface area contributed by atoms with E-state index in [2.05, 4.69) is 15.0 Å². The van der Waals surface area contributed by atoms with Gasteiger partial charge in [-0.05, 0) is 37.0 Å².